The first-order valence-corrected chi connectivity index (χ1v) is 3.89. The van der Waals surface area contributed by atoms with Crippen molar-refractivity contribution in [2.24, 2.45) is 0 Å². The Morgan fingerprint density at radius 1 is 1.47 bits per heavy atom. The van der Waals surface area contributed by atoms with Crippen LogP contribution < -0.4 is 5.32 Å². The van der Waals surface area contributed by atoms with Crippen LogP contribution in [0.2, 0.25) is 0 Å². The molecule has 0 aromatic rings. The molecule has 0 spiro atoms. The fraction of sp³-hybridized carbons (Fsp3) is 0.500. The first-order valence-electron chi connectivity index (χ1n) is 3.89. The summed E-state index contributed by atoms with van der Waals surface area (Å²) in [5.74, 6) is -3.80. The molecule has 0 aromatic carbocycles. The summed E-state index contributed by atoms with van der Waals surface area (Å²) in [6.07, 6.45) is -5.32. The molecule has 2 N–H and O–H groups in total. The van der Waals surface area contributed by atoms with Gasteiger partial charge in [0, 0.05) is 0 Å². The lowest BCUT2D eigenvalue weighted by molar-refractivity contribution is -0.175. The number of carbonyl (C=O) groups is 2. The number of carboxylic acids is 1. The Bertz CT molecular complexity index is 285. The molecule has 0 aromatic heterocycles. The number of aliphatic carboxylic acids is 1. The van der Waals surface area contributed by atoms with E-state index in [9.17, 15) is 22.8 Å². The van der Waals surface area contributed by atoms with Crippen LogP contribution in [0, 0.1) is 0 Å². The van der Waals surface area contributed by atoms with E-state index in [4.69, 9.17) is 5.11 Å². The van der Waals surface area contributed by atoms with E-state index in [1.165, 1.54) is 12.2 Å². The first-order chi connectivity index (χ1) is 6.64. The predicted molar refractivity (Wildman–Crippen MR) is 45.1 cm³/mol. The fourth-order valence-electron chi connectivity index (χ4n) is 0.789. The number of nitrogens with one attached hydrogen (secondary N) is 1. The molecular weight excluding hydrogens is 215 g/mol. The maximum absolute atomic E-state index is 11.8. The molecule has 1 unspecified atom stereocenters. The highest BCUT2D eigenvalue weighted by Crippen LogP contribution is 2.15. The number of carbonyl (C=O) groups excluding carboxylic acids is 1. The van der Waals surface area contributed by atoms with Gasteiger partial charge in [0.2, 0.25) is 0 Å². The van der Waals surface area contributed by atoms with Crippen molar-refractivity contribution in [3.8, 4) is 0 Å². The van der Waals surface area contributed by atoms with Crippen LogP contribution in [0.3, 0.4) is 0 Å². The van der Waals surface area contributed by atoms with E-state index in [-0.39, 0.29) is 6.42 Å². The number of hydrogen-bond acceptors (Lipinski definition) is 2. The third-order valence-electron chi connectivity index (χ3n) is 1.41. The van der Waals surface area contributed by atoms with Crippen molar-refractivity contribution in [2.45, 2.75) is 25.6 Å². The molecule has 0 fully saturated rings. The summed E-state index contributed by atoms with van der Waals surface area (Å²) in [7, 11) is 0. The minimum atomic E-state index is -5.08. The van der Waals surface area contributed by atoms with E-state index in [0.717, 1.165) is 0 Å². The van der Waals surface area contributed by atoms with Gasteiger partial charge >= 0.3 is 18.1 Å². The van der Waals surface area contributed by atoms with Crippen molar-refractivity contribution in [1.29, 1.82) is 0 Å². The molecule has 1 amide bonds. The predicted octanol–water partition coefficient (Wildman–Crippen LogP) is 1.08. The highest BCUT2D eigenvalue weighted by atomic mass is 19.4. The van der Waals surface area contributed by atoms with Crippen molar-refractivity contribution in [3.05, 3.63) is 12.2 Å². The third kappa shape index (κ3) is 5.04. The standard InChI is InChI=1S/C8H10F3NO3/c1-4(2)3-5(6(13)14)12-7(15)8(9,10)11/h5H,1,3H2,2H3,(H,12,15)(H,13,14). The number of alkyl halides is 3. The molecule has 0 rings (SSSR count). The second kappa shape index (κ2) is 4.81. The maximum atomic E-state index is 11.8. The number of carboxylic acid groups (broad SMARTS) is 1. The summed E-state index contributed by atoms with van der Waals surface area (Å²) in [6, 6.07) is -1.60. The fourth-order valence-corrected chi connectivity index (χ4v) is 0.789. The number of hydrogen-bond donors (Lipinski definition) is 2. The van der Waals surface area contributed by atoms with Gasteiger partial charge in [0.05, 0.1) is 0 Å². The van der Waals surface area contributed by atoms with Gasteiger partial charge in [0.1, 0.15) is 6.04 Å². The Kier molecular flexibility index (Phi) is 4.32. The zero-order valence-electron chi connectivity index (χ0n) is 7.89. The van der Waals surface area contributed by atoms with Crippen molar-refractivity contribution >= 4 is 11.9 Å². The second-order valence-corrected chi connectivity index (χ2v) is 3.02. The molecular formula is C8H10F3NO3. The summed E-state index contributed by atoms with van der Waals surface area (Å²) < 4.78 is 35.3. The quantitative estimate of drug-likeness (QED) is 0.703. The highest BCUT2D eigenvalue weighted by molar-refractivity contribution is 5.87. The Morgan fingerprint density at radius 2 is 1.93 bits per heavy atom. The van der Waals surface area contributed by atoms with Crippen molar-refractivity contribution in [2.75, 3.05) is 0 Å². The molecule has 15 heavy (non-hydrogen) atoms. The summed E-state index contributed by atoms with van der Waals surface area (Å²) in [5, 5.41) is 9.88. The van der Waals surface area contributed by atoms with E-state index in [1.54, 1.807) is 0 Å². The lowest BCUT2D eigenvalue weighted by Crippen LogP contribution is -2.46. The molecule has 0 radical (unpaired) electrons. The third-order valence-corrected chi connectivity index (χ3v) is 1.41. The Labute approximate surface area is 83.8 Å². The van der Waals surface area contributed by atoms with Crippen LogP contribution in [-0.2, 0) is 9.59 Å². The zero-order valence-corrected chi connectivity index (χ0v) is 7.89. The largest absolute Gasteiger partial charge is 0.480 e. The number of rotatable bonds is 4. The second-order valence-electron chi connectivity index (χ2n) is 3.02. The number of halogens is 3. The van der Waals surface area contributed by atoms with E-state index >= 15 is 0 Å². The summed E-state index contributed by atoms with van der Waals surface area (Å²) in [4.78, 5) is 20.9. The minimum absolute atomic E-state index is 0.239. The van der Waals surface area contributed by atoms with Gasteiger partial charge in [0.15, 0.2) is 0 Å². The van der Waals surface area contributed by atoms with Gasteiger partial charge in [-0.15, -0.1) is 6.58 Å². The summed E-state index contributed by atoms with van der Waals surface area (Å²) >= 11 is 0. The highest BCUT2D eigenvalue weighted by Gasteiger charge is 2.40. The topological polar surface area (TPSA) is 66.4 Å². The smallest absolute Gasteiger partial charge is 0.471 e. The number of amides is 1. The molecule has 7 heteroatoms. The van der Waals surface area contributed by atoms with Crippen LogP contribution in [0.1, 0.15) is 13.3 Å². The van der Waals surface area contributed by atoms with E-state index in [2.05, 4.69) is 6.58 Å². The summed E-state index contributed by atoms with van der Waals surface area (Å²) in [6.45, 7) is 4.80. The molecule has 0 aliphatic heterocycles. The normalized spacial score (nSPS) is 13.1. The Balaban J connectivity index is 4.50. The molecule has 0 saturated carbocycles. The van der Waals surface area contributed by atoms with Crippen LogP contribution in [0.25, 0.3) is 0 Å². The molecule has 0 bridgehead atoms. The zero-order chi connectivity index (χ0) is 12.2. The Hall–Kier alpha value is -1.53. The van der Waals surface area contributed by atoms with Gasteiger partial charge in [0.25, 0.3) is 0 Å². The van der Waals surface area contributed by atoms with Gasteiger partial charge in [-0.3, -0.25) is 4.79 Å². The molecule has 1 atom stereocenters. The van der Waals surface area contributed by atoms with Gasteiger partial charge < -0.3 is 10.4 Å². The van der Waals surface area contributed by atoms with E-state index < -0.39 is 24.1 Å². The van der Waals surface area contributed by atoms with Crippen LogP contribution in [0.5, 0.6) is 0 Å². The van der Waals surface area contributed by atoms with Gasteiger partial charge in [-0.05, 0) is 13.3 Å². The monoisotopic (exact) mass is 225 g/mol. The van der Waals surface area contributed by atoms with Crippen LogP contribution in [0.15, 0.2) is 12.2 Å². The van der Waals surface area contributed by atoms with E-state index in [1.807, 2.05) is 0 Å². The molecule has 0 aliphatic rings. The van der Waals surface area contributed by atoms with Crippen molar-refractivity contribution in [1.82, 2.24) is 5.32 Å². The molecule has 4 nitrogen and oxygen atoms in total. The summed E-state index contributed by atoms with van der Waals surface area (Å²) in [5.41, 5.74) is 0.366. The SMILES string of the molecule is C=C(C)CC(NC(=O)C(F)(F)F)C(=O)O. The van der Waals surface area contributed by atoms with Gasteiger partial charge in [-0.25, -0.2) is 4.79 Å². The van der Waals surface area contributed by atoms with Crippen molar-refractivity contribution in [3.63, 3.8) is 0 Å². The molecule has 0 heterocycles. The lowest BCUT2D eigenvalue weighted by atomic mass is 10.1. The van der Waals surface area contributed by atoms with E-state index in [0.29, 0.717) is 5.57 Å². The average Bonchev–Trinajstić information content (AvgIpc) is 1.99. The van der Waals surface area contributed by atoms with Crippen LogP contribution in [-0.4, -0.2) is 29.2 Å². The molecule has 0 aliphatic carbocycles. The minimum Gasteiger partial charge on any atom is -0.480 e. The molecule has 86 valence electrons. The van der Waals surface area contributed by atoms with Gasteiger partial charge in [-0.1, -0.05) is 5.57 Å². The van der Waals surface area contributed by atoms with Crippen LogP contribution in [0.4, 0.5) is 13.2 Å². The first kappa shape index (κ1) is 13.5. The Morgan fingerprint density at radius 3 is 2.20 bits per heavy atom. The average molecular weight is 225 g/mol. The van der Waals surface area contributed by atoms with Crippen LogP contribution >= 0.6 is 0 Å². The molecule has 0 saturated heterocycles. The lowest BCUT2D eigenvalue weighted by Gasteiger charge is -2.15. The van der Waals surface area contributed by atoms with Gasteiger partial charge in [-0.2, -0.15) is 13.2 Å². The maximum Gasteiger partial charge on any atom is 0.471 e. The van der Waals surface area contributed by atoms with Crippen molar-refractivity contribution < 1.29 is 27.9 Å².